The van der Waals surface area contributed by atoms with E-state index in [-0.39, 0.29) is 24.0 Å². The van der Waals surface area contributed by atoms with Gasteiger partial charge in [-0.05, 0) is 44.7 Å². The number of guanidine groups is 1. The lowest BCUT2D eigenvalue weighted by molar-refractivity contribution is 0.203. The van der Waals surface area contributed by atoms with Gasteiger partial charge in [-0.1, -0.05) is 0 Å². The lowest BCUT2D eigenvalue weighted by Gasteiger charge is -2.17. The van der Waals surface area contributed by atoms with Crippen molar-refractivity contribution < 1.29 is 14.2 Å². The molecule has 0 saturated heterocycles. The van der Waals surface area contributed by atoms with Gasteiger partial charge < -0.3 is 24.8 Å². The summed E-state index contributed by atoms with van der Waals surface area (Å²) in [6, 6.07) is 5.96. The van der Waals surface area contributed by atoms with Crippen molar-refractivity contribution in [2.75, 3.05) is 33.9 Å². The van der Waals surface area contributed by atoms with Crippen LogP contribution in [-0.4, -0.2) is 46.0 Å². The van der Waals surface area contributed by atoms with Crippen LogP contribution in [0.1, 0.15) is 38.2 Å². The Hall–Kier alpha value is -1.22. The highest BCUT2D eigenvalue weighted by molar-refractivity contribution is 14.0. The molecule has 1 aliphatic carbocycles. The quantitative estimate of drug-likeness (QED) is 0.247. The third-order valence-corrected chi connectivity index (χ3v) is 4.22. The minimum atomic E-state index is 0. The van der Waals surface area contributed by atoms with E-state index in [2.05, 4.69) is 22.5 Å². The molecule has 0 unspecified atom stereocenters. The van der Waals surface area contributed by atoms with Crippen molar-refractivity contribution in [3.05, 3.63) is 23.8 Å². The first-order valence-corrected chi connectivity index (χ1v) is 9.11. The van der Waals surface area contributed by atoms with Crippen LogP contribution in [0.2, 0.25) is 0 Å². The first-order chi connectivity index (χ1) is 12.3. The molecule has 1 aliphatic rings. The third-order valence-electron chi connectivity index (χ3n) is 4.22. The van der Waals surface area contributed by atoms with Crippen LogP contribution in [0.4, 0.5) is 0 Å². The monoisotopic (exact) mass is 477 g/mol. The van der Waals surface area contributed by atoms with Crippen molar-refractivity contribution in [3.63, 3.8) is 0 Å². The van der Waals surface area contributed by atoms with Gasteiger partial charge >= 0.3 is 0 Å². The van der Waals surface area contributed by atoms with Crippen LogP contribution in [-0.2, 0) is 11.3 Å². The van der Waals surface area contributed by atoms with Crippen LogP contribution in [0.15, 0.2) is 23.2 Å². The molecular weight excluding hydrogens is 445 g/mol. The summed E-state index contributed by atoms with van der Waals surface area (Å²) in [4.78, 5) is 4.66. The van der Waals surface area contributed by atoms with E-state index >= 15 is 0 Å². The molecule has 0 heterocycles. The summed E-state index contributed by atoms with van der Waals surface area (Å²) >= 11 is 0. The molecular formula is C19H32IN3O3. The molecule has 0 atom stereocenters. The van der Waals surface area contributed by atoms with Gasteiger partial charge in [0.05, 0.1) is 26.4 Å². The van der Waals surface area contributed by atoms with Gasteiger partial charge in [0.15, 0.2) is 5.96 Å². The number of halogens is 1. The van der Waals surface area contributed by atoms with Crippen LogP contribution >= 0.6 is 24.0 Å². The summed E-state index contributed by atoms with van der Waals surface area (Å²) in [7, 11) is 3.37. The standard InChI is InChI=1S/C19H31N3O3.HI/c1-4-20-19(21-11-12-23-2)22-14-15-9-10-17(24-3)13-18(15)25-16-7-5-6-8-16;/h9-10,13,16H,4-8,11-12,14H2,1-3H3,(H2,20,21,22);1H. The molecule has 1 aromatic carbocycles. The fraction of sp³-hybridized carbons (Fsp3) is 0.632. The number of methoxy groups -OCH3 is 2. The highest BCUT2D eigenvalue weighted by atomic mass is 127. The largest absolute Gasteiger partial charge is 0.497 e. The fourth-order valence-electron chi connectivity index (χ4n) is 2.87. The predicted molar refractivity (Wildman–Crippen MR) is 116 cm³/mol. The zero-order chi connectivity index (χ0) is 17.9. The summed E-state index contributed by atoms with van der Waals surface area (Å²) in [5.74, 6) is 2.47. The van der Waals surface area contributed by atoms with Gasteiger partial charge in [0.25, 0.3) is 0 Å². The Morgan fingerprint density at radius 2 is 1.96 bits per heavy atom. The number of nitrogens with zero attached hydrogens (tertiary/aromatic N) is 1. The van der Waals surface area contributed by atoms with Crippen molar-refractivity contribution in [2.45, 2.75) is 45.3 Å². The van der Waals surface area contributed by atoms with Gasteiger partial charge in [-0.2, -0.15) is 0 Å². The lowest BCUT2D eigenvalue weighted by Crippen LogP contribution is -2.38. The molecule has 0 amide bonds. The van der Waals surface area contributed by atoms with Crippen LogP contribution in [0.25, 0.3) is 0 Å². The van der Waals surface area contributed by atoms with E-state index in [0.29, 0.717) is 19.3 Å². The molecule has 148 valence electrons. The Bertz CT molecular complexity index is 549. The Morgan fingerprint density at radius 3 is 2.62 bits per heavy atom. The SMILES string of the molecule is CCNC(=NCc1ccc(OC)cc1OC1CCCC1)NCCOC.I. The average Bonchev–Trinajstić information content (AvgIpc) is 3.13. The number of hydrogen-bond donors (Lipinski definition) is 2. The Balaban J connectivity index is 0.00000338. The maximum atomic E-state index is 6.23. The first-order valence-electron chi connectivity index (χ1n) is 9.11. The molecule has 1 saturated carbocycles. The molecule has 2 N–H and O–H groups in total. The summed E-state index contributed by atoms with van der Waals surface area (Å²) < 4.78 is 16.7. The van der Waals surface area contributed by atoms with Gasteiger partial charge in [-0.3, -0.25) is 0 Å². The van der Waals surface area contributed by atoms with Crippen LogP contribution in [0, 0.1) is 0 Å². The van der Waals surface area contributed by atoms with Crippen molar-refractivity contribution >= 4 is 29.9 Å². The van der Waals surface area contributed by atoms with Gasteiger partial charge in [0.2, 0.25) is 0 Å². The molecule has 0 radical (unpaired) electrons. The van der Waals surface area contributed by atoms with Crippen LogP contribution < -0.4 is 20.1 Å². The fourth-order valence-corrected chi connectivity index (χ4v) is 2.87. The smallest absolute Gasteiger partial charge is 0.191 e. The molecule has 0 aromatic heterocycles. The second-order valence-electron chi connectivity index (χ2n) is 6.11. The average molecular weight is 477 g/mol. The van der Waals surface area contributed by atoms with Gasteiger partial charge in [-0.15, -0.1) is 24.0 Å². The molecule has 1 fully saturated rings. The van der Waals surface area contributed by atoms with Crippen molar-refractivity contribution in [1.82, 2.24) is 10.6 Å². The normalized spacial score (nSPS) is 14.7. The number of ether oxygens (including phenoxy) is 3. The summed E-state index contributed by atoms with van der Waals surface area (Å²) in [5, 5.41) is 6.50. The van der Waals surface area contributed by atoms with Gasteiger partial charge in [0, 0.05) is 31.8 Å². The number of aliphatic imine (C=N–C) groups is 1. The zero-order valence-electron chi connectivity index (χ0n) is 16.0. The van der Waals surface area contributed by atoms with E-state index in [0.717, 1.165) is 49.0 Å². The molecule has 0 bridgehead atoms. The second kappa shape index (κ2) is 13.0. The highest BCUT2D eigenvalue weighted by Crippen LogP contribution is 2.30. The topological polar surface area (TPSA) is 64.1 Å². The maximum Gasteiger partial charge on any atom is 0.191 e. The van der Waals surface area contributed by atoms with Gasteiger partial charge in [-0.25, -0.2) is 4.99 Å². The summed E-state index contributed by atoms with van der Waals surface area (Å²) in [6.45, 7) is 4.77. The number of nitrogens with one attached hydrogen (secondary N) is 2. The van der Waals surface area contributed by atoms with E-state index in [1.54, 1.807) is 14.2 Å². The molecule has 7 heteroatoms. The minimum Gasteiger partial charge on any atom is -0.497 e. The molecule has 1 aromatic rings. The van der Waals surface area contributed by atoms with E-state index in [1.165, 1.54) is 12.8 Å². The second-order valence-corrected chi connectivity index (χ2v) is 6.11. The molecule has 6 nitrogen and oxygen atoms in total. The summed E-state index contributed by atoms with van der Waals surface area (Å²) in [5.41, 5.74) is 1.07. The summed E-state index contributed by atoms with van der Waals surface area (Å²) in [6.07, 6.45) is 5.05. The van der Waals surface area contributed by atoms with E-state index in [1.807, 2.05) is 18.2 Å². The van der Waals surface area contributed by atoms with E-state index in [4.69, 9.17) is 14.2 Å². The molecule has 26 heavy (non-hydrogen) atoms. The Labute approximate surface area is 174 Å². The van der Waals surface area contributed by atoms with Crippen molar-refractivity contribution in [3.8, 4) is 11.5 Å². The van der Waals surface area contributed by atoms with Crippen molar-refractivity contribution in [2.24, 2.45) is 4.99 Å². The molecule has 2 rings (SSSR count). The molecule has 0 spiro atoms. The predicted octanol–water partition coefficient (Wildman–Crippen LogP) is 3.34. The number of hydrogen-bond acceptors (Lipinski definition) is 4. The zero-order valence-corrected chi connectivity index (χ0v) is 18.4. The van der Waals surface area contributed by atoms with E-state index < -0.39 is 0 Å². The number of benzene rings is 1. The molecule has 0 aliphatic heterocycles. The minimum absolute atomic E-state index is 0. The van der Waals surface area contributed by atoms with Crippen LogP contribution in [0.5, 0.6) is 11.5 Å². The highest BCUT2D eigenvalue weighted by Gasteiger charge is 2.18. The van der Waals surface area contributed by atoms with Crippen LogP contribution in [0.3, 0.4) is 0 Å². The Kier molecular flexibility index (Phi) is 11.4. The maximum absolute atomic E-state index is 6.23. The van der Waals surface area contributed by atoms with E-state index in [9.17, 15) is 0 Å². The third kappa shape index (κ3) is 7.57. The first kappa shape index (κ1) is 22.8. The number of rotatable bonds is 9. The lowest BCUT2D eigenvalue weighted by atomic mass is 10.2. The Morgan fingerprint density at radius 1 is 1.19 bits per heavy atom. The van der Waals surface area contributed by atoms with Gasteiger partial charge in [0.1, 0.15) is 11.5 Å². The van der Waals surface area contributed by atoms with Crippen molar-refractivity contribution in [1.29, 1.82) is 0 Å².